The summed E-state index contributed by atoms with van der Waals surface area (Å²) >= 11 is 0. The molecule has 1 nitrogen and oxygen atoms in total. The van der Waals surface area contributed by atoms with E-state index in [-0.39, 0.29) is 6.10 Å². The highest BCUT2D eigenvalue weighted by atomic mass is 16.3. The average molecular weight is 150 g/mol. The second-order valence-corrected chi connectivity index (χ2v) is 4.37. The SMILES string of the molecule is O[C@H]1C[C@H]2C[C@H]1[C@@H]1CC=C[C@H]21. The molecule has 11 heavy (non-hydrogen) atoms. The van der Waals surface area contributed by atoms with Gasteiger partial charge in [-0.1, -0.05) is 12.2 Å². The third-order valence-corrected chi connectivity index (χ3v) is 3.97. The van der Waals surface area contributed by atoms with Gasteiger partial charge in [-0.2, -0.15) is 0 Å². The van der Waals surface area contributed by atoms with E-state index in [1.165, 1.54) is 12.8 Å². The first-order valence-corrected chi connectivity index (χ1v) is 4.71. The molecule has 60 valence electrons. The minimum atomic E-state index is 0.0427. The summed E-state index contributed by atoms with van der Waals surface area (Å²) in [5.74, 6) is 3.16. The van der Waals surface area contributed by atoms with E-state index in [4.69, 9.17) is 0 Å². The Balaban J connectivity index is 1.94. The number of hydrogen-bond donors (Lipinski definition) is 1. The van der Waals surface area contributed by atoms with Crippen molar-refractivity contribution in [2.45, 2.75) is 25.4 Å². The van der Waals surface area contributed by atoms with Gasteiger partial charge in [0.05, 0.1) is 6.10 Å². The summed E-state index contributed by atoms with van der Waals surface area (Å²) in [5, 5.41) is 9.64. The Labute approximate surface area is 67.1 Å². The van der Waals surface area contributed by atoms with Crippen molar-refractivity contribution >= 4 is 0 Å². The zero-order valence-electron chi connectivity index (χ0n) is 6.61. The van der Waals surface area contributed by atoms with Gasteiger partial charge in [-0.25, -0.2) is 0 Å². The molecule has 0 heterocycles. The second kappa shape index (κ2) is 1.89. The lowest BCUT2D eigenvalue weighted by molar-refractivity contribution is 0.0697. The first-order valence-electron chi connectivity index (χ1n) is 4.71. The molecular formula is C10H14O. The van der Waals surface area contributed by atoms with Crippen molar-refractivity contribution < 1.29 is 5.11 Å². The highest BCUT2D eigenvalue weighted by molar-refractivity contribution is 5.14. The number of aliphatic hydroxyl groups excluding tert-OH is 1. The van der Waals surface area contributed by atoms with Crippen molar-refractivity contribution in [2.24, 2.45) is 23.7 Å². The maximum atomic E-state index is 9.64. The van der Waals surface area contributed by atoms with Crippen molar-refractivity contribution in [2.75, 3.05) is 0 Å². The number of aliphatic hydroxyl groups is 1. The molecule has 0 aromatic rings. The van der Waals surface area contributed by atoms with E-state index in [1.54, 1.807) is 0 Å². The van der Waals surface area contributed by atoms with Gasteiger partial charge in [0.2, 0.25) is 0 Å². The van der Waals surface area contributed by atoms with E-state index in [0.717, 1.165) is 24.2 Å². The van der Waals surface area contributed by atoms with Gasteiger partial charge in [0.25, 0.3) is 0 Å². The fourth-order valence-electron chi connectivity index (χ4n) is 3.52. The van der Waals surface area contributed by atoms with E-state index in [2.05, 4.69) is 12.2 Å². The first-order chi connectivity index (χ1) is 5.36. The Morgan fingerprint density at radius 1 is 1.18 bits per heavy atom. The zero-order valence-corrected chi connectivity index (χ0v) is 6.61. The van der Waals surface area contributed by atoms with Crippen LogP contribution in [0.3, 0.4) is 0 Å². The van der Waals surface area contributed by atoms with Crippen LogP contribution < -0.4 is 0 Å². The molecular weight excluding hydrogens is 136 g/mol. The van der Waals surface area contributed by atoms with Crippen LogP contribution in [-0.4, -0.2) is 11.2 Å². The molecule has 1 heteroatoms. The lowest BCUT2D eigenvalue weighted by Gasteiger charge is -2.27. The summed E-state index contributed by atoms with van der Waals surface area (Å²) in [6.07, 6.45) is 8.37. The predicted octanol–water partition coefficient (Wildman–Crippen LogP) is 1.58. The summed E-state index contributed by atoms with van der Waals surface area (Å²) in [4.78, 5) is 0. The Morgan fingerprint density at radius 3 is 3.00 bits per heavy atom. The van der Waals surface area contributed by atoms with Crippen LogP contribution in [0.15, 0.2) is 12.2 Å². The molecule has 0 saturated heterocycles. The fourth-order valence-corrected chi connectivity index (χ4v) is 3.52. The van der Waals surface area contributed by atoms with Crippen LogP contribution in [0.1, 0.15) is 19.3 Å². The molecule has 5 atom stereocenters. The fraction of sp³-hybridized carbons (Fsp3) is 0.800. The van der Waals surface area contributed by atoms with Crippen LogP contribution in [0.25, 0.3) is 0 Å². The minimum Gasteiger partial charge on any atom is -0.393 e. The summed E-state index contributed by atoms with van der Waals surface area (Å²) in [6, 6.07) is 0. The van der Waals surface area contributed by atoms with E-state index in [0.29, 0.717) is 5.92 Å². The minimum absolute atomic E-state index is 0.0427. The first kappa shape index (κ1) is 6.24. The molecule has 3 aliphatic rings. The molecule has 0 aromatic carbocycles. The predicted molar refractivity (Wildman–Crippen MR) is 43.0 cm³/mol. The smallest absolute Gasteiger partial charge is 0.0574 e. The third kappa shape index (κ3) is 0.652. The van der Waals surface area contributed by atoms with E-state index in [1.807, 2.05) is 0 Å². The third-order valence-electron chi connectivity index (χ3n) is 3.97. The molecule has 0 unspecified atom stereocenters. The Bertz CT molecular complexity index is 209. The van der Waals surface area contributed by atoms with Gasteiger partial charge in [-0.3, -0.25) is 0 Å². The average Bonchev–Trinajstić information content (AvgIpc) is 2.52. The number of fused-ring (bicyclic) bond motifs is 5. The van der Waals surface area contributed by atoms with Gasteiger partial charge >= 0.3 is 0 Å². The zero-order chi connectivity index (χ0) is 7.42. The quantitative estimate of drug-likeness (QED) is 0.520. The molecule has 2 saturated carbocycles. The standard InChI is InChI=1S/C10H14O/c11-10-5-6-4-9(10)8-3-1-2-7(6)8/h1-2,6-11H,3-5H2/t6-,7-,8-,9+,10+/m1/s1. The summed E-state index contributed by atoms with van der Waals surface area (Å²) in [5.41, 5.74) is 0. The van der Waals surface area contributed by atoms with Crippen LogP contribution in [0.2, 0.25) is 0 Å². The van der Waals surface area contributed by atoms with Crippen molar-refractivity contribution in [3.05, 3.63) is 12.2 Å². The van der Waals surface area contributed by atoms with Gasteiger partial charge in [-0.15, -0.1) is 0 Å². The summed E-state index contributed by atoms with van der Waals surface area (Å²) < 4.78 is 0. The van der Waals surface area contributed by atoms with Crippen LogP contribution >= 0.6 is 0 Å². The summed E-state index contributed by atoms with van der Waals surface area (Å²) in [6.45, 7) is 0. The van der Waals surface area contributed by atoms with E-state index < -0.39 is 0 Å². The highest BCUT2D eigenvalue weighted by Crippen LogP contribution is 2.56. The summed E-state index contributed by atoms with van der Waals surface area (Å²) in [7, 11) is 0. The van der Waals surface area contributed by atoms with Crippen LogP contribution in [0, 0.1) is 23.7 Å². The van der Waals surface area contributed by atoms with Crippen LogP contribution in [-0.2, 0) is 0 Å². The molecule has 0 aromatic heterocycles. The van der Waals surface area contributed by atoms with E-state index in [9.17, 15) is 5.11 Å². The van der Waals surface area contributed by atoms with E-state index >= 15 is 0 Å². The molecule has 2 fully saturated rings. The Morgan fingerprint density at radius 2 is 2.09 bits per heavy atom. The Hall–Kier alpha value is -0.300. The van der Waals surface area contributed by atoms with Crippen molar-refractivity contribution in [3.63, 3.8) is 0 Å². The number of allylic oxidation sites excluding steroid dienone is 2. The maximum Gasteiger partial charge on any atom is 0.0574 e. The molecule has 0 amide bonds. The molecule has 2 bridgehead atoms. The van der Waals surface area contributed by atoms with Crippen molar-refractivity contribution in [3.8, 4) is 0 Å². The molecule has 0 spiro atoms. The molecule has 3 rings (SSSR count). The Kier molecular flexibility index (Phi) is 1.07. The van der Waals surface area contributed by atoms with Crippen molar-refractivity contribution in [1.29, 1.82) is 0 Å². The topological polar surface area (TPSA) is 20.2 Å². The monoisotopic (exact) mass is 150 g/mol. The van der Waals surface area contributed by atoms with Gasteiger partial charge < -0.3 is 5.11 Å². The molecule has 1 N–H and O–H groups in total. The van der Waals surface area contributed by atoms with Gasteiger partial charge in [0.1, 0.15) is 0 Å². The maximum absolute atomic E-state index is 9.64. The number of hydrogen-bond acceptors (Lipinski definition) is 1. The molecule has 0 aliphatic heterocycles. The lowest BCUT2D eigenvalue weighted by atomic mass is 9.80. The second-order valence-electron chi connectivity index (χ2n) is 4.37. The highest BCUT2D eigenvalue weighted by Gasteiger charge is 2.51. The number of rotatable bonds is 0. The van der Waals surface area contributed by atoms with Crippen LogP contribution in [0.5, 0.6) is 0 Å². The van der Waals surface area contributed by atoms with Gasteiger partial charge in [0, 0.05) is 0 Å². The van der Waals surface area contributed by atoms with Crippen LogP contribution in [0.4, 0.5) is 0 Å². The molecule has 0 radical (unpaired) electrons. The van der Waals surface area contributed by atoms with Gasteiger partial charge in [-0.05, 0) is 42.9 Å². The normalized spacial score (nSPS) is 58.8. The molecule has 3 aliphatic carbocycles. The largest absolute Gasteiger partial charge is 0.393 e. The van der Waals surface area contributed by atoms with Crippen molar-refractivity contribution in [1.82, 2.24) is 0 Å². The lowest BCUT2D eigenvalue weighted by Crippen LogP contribution is -2.27. The van der Waals surface area contributed by atoms with Gasteiger partial charge in [0.15, 0.2) is 0 Å².